The third kappa shape index (κ3) is 3.55. The van der Waals surface area contributed by atoms with Crippen molar-refractivity contribution in [3.05, 3.63) is 40.4 Å². The van der Waals surface area contributed by atoms with Crippen LogP contribution in [0.4, 0.5) is 0 Å². The number of likely N-dealkylation sites (tertiary alicyclic amines) is 1. The Morgan fingerprint density at radius 2 is 2.12 bits per heavy atom. The van der Waals surface area contributed by atoms with Gasteiger partial charge in [0.2, 0.25) is 11.8 Å². The number of hydrogen-bond acceptors (Lipinski definition) is 4. The van der Waals surface area contributed by atoms with E-state index >= 15 is 0 Å². The fourth-order valence-electron chi connectivity index (χ4n) is 3.46. The molecule has 2 N–H and O–H groups in total. The SMILES string of the molecule is Cc1cccc2c(=O)n(CC(=O)N3CCCC[C@H]3CC(N)=O)cnc12. The number of rotatable bonds is 4. The number of aromatic nitrogens is 2. The lowest BCUT2D eigenvalue weighted by Gasteiger charge is -2.35. The number of carbonyl (C=O) groups excluding carboxylic acids is 2. The Balaban J connectivity index is 1.85. The Morgan fingerprint density at radius 1 is 1.32 bits per heavy atom. The molecule has 0 saturated carbocycles. The first-order chi connectivity index (χ1) is 12.0. The summed E-state index contributed by atoms with van der Waals surface area (Å²) >= 11 is 0. The van der Waals surface area contributed by atoms with Crippen molar-refractivity contribution in [2.75, 3.05) is 6.54 Å². The quantitative estimate of drug-likeness (QED) is 0.895. The Kier molecular flexibility index (Phi) is 4.83. The molecule has 1 saturated heterocycles. The third-order valence-corrected chi connectivity index (χ3v) is 4.75. The molecule has 2 heterocycles. The molecule has 1 fully saturated rings. The highest BCUT2D eigenvalue weighted by Gasteiger charge is 2.28. The van der Waals surface area contributed by atoms with Crippen molar-refractivity contribution in [1.82, 2.24) is 14.5 Å². The third-order valence-electron chi connectivity index (χ3n) is 4.75. The van der Waals surface area contributed by atoms with Gasteiger partial charge in [0.1, 0.15) is 6.54 Å². The number of primary amides is 1. The summed E-state index contributed by atoms with van der Waals surface area (Å²) in [4.78, 5) is 42.6. The summed E-state index contributed by atoms with van der Waals surface area (Å²) in [6.45, 7) is 2.41. The minimum Gasteiger partial charge on any atom is -0.370 e. The second-order valence-electron chi connectivity index (χ2n) is 6.56. The number of fused-ring (bicyclic) bond motifs is 1. The number of para-hydroxylation sites is 1. The zero-order valence-electron chi connectivity index (χ0n) is 14.3. The highest BCUT2D eigenvalue weighted by molar-refractivity contribution is 5.82. The molecule has 7 nitrogen and oxygen atoms in total. The standard InChI is InChI=1S/C18H22N4O3/c1-12-5-4-7-14-17(12)20-11-21(18(14)25)10-16(24)22-8-3-2-6-13(22)9-15(19)23/h4-5,7,11,13H,2-3,6,8-10H2,1H3,(H2,19,23)/t13-/m0/s1. The first-order valence-electron chi connectivity index (χ1n) is 8.50. The minimum atomic E-state index is -0.412. The van der Waals surface area contributed by atoms with Gasteiger partial charge in [-0.15, -0.1) is 0 Å². The van der Waals surface area contributed by atoms with Gasteiger partial charge in [0.25, 0.3) is 5.56 Å². The molecule has 0 aliphatic carbocycles. The first-order valence-corrected chi connectivity index (χ1v) is 8.50. The van der Waals surface area contributed by atoms with Gasteiger partial charge in [-0.1, -0.05) is 12.1 Å². The van der Waals surface area contributed by atoms with E-state index in [1.807, 2.05) is 13.0 Å². The lowest BCUT2D eigenvalue weighted by atomic mass is 9.99. The molecule has 1 atom stereocenters. The summed E-state index contributed by atoms with van der Waals surface area (Å²) in [6.07, 6.45) is 4.21. The van der Waals surface area contributed by atoms with Crippen LogP contribution < -0.4 is 11.3 Å². The molecule has 25 heavy (non-hydrogen) atoms. The van der Waals surface area contributed by atoms with E-state index in [1.165, 1.54) is 10.9 Å². The van der Waals surface area contributed by atoms with Gasteiger partial charge >= 0.3 is 0 Å². The van der Waals surface area contributed by atoms with Gasteiger partial charge in [-0.25, -0.2) is 4.98 Å². The van der Waals surface area contributed by atoms with Crippen molar-refractivity contribution < 1.29 is 9.59 Å². The maximum Gasteiger partial charge on any atom is 0.261 e. The molecule has 1 aromatic heterocycles. The molecule has 1 aliphatic heterocycles. The number of aryl methyl sites for hydroxylation is 1. The van der Waals surface area contributed by atoms with E-state index in [-0.39, 0.29) is 30.5 Å². The molecule has 3 rings (SSSR count). The summed E-state index contributed by atoms with van der Waals surface area (Å²) < 4.78 is 1.33. The summed E-state index contributed by atoms with van der Waals surface area (Å²) in [5.41, 5.74) is 6.64. The molecule has 0 unspecified atom stereocenters. The zero-order valence-corrected chi connectivity index (χ0v) is 14.3. The molecular formula is C18H22N4O3. The maximum absolute atomic E-state index is 12.7. The molecule has 2 amide bonds. The average molecular weight is 342 g/mol. The number of carbonyl (C=O) groups is 2. The lowest BCUT2D eigenvalue weighted by Crippen LogP contribution is -2.47. The minimum absolute atomic E-state index is 0.0784. The van der Waals surface area contributed by atoms with Crippen molar-refractivity contribution in [3.63, 3.8) is 0 Å². The number of benzene rings is 1. The fraction of sp³-hybridized carbons (Fsp3) is 0.444. The van der Waals surface area contributed by atoms with Gasteiger partial charge in [-0.05, 0) is 37.8 Å². The van der Waals surface area contributed by atoms with E-state index in [4.69, 9.17) is 5.73 Å². The molecule has 0 radical (unpaired) electrons. The predicted molar refractivity (Wildman–Crippen MR) is 93.9 cm³/mol. The molecule has 132 valence electrons. The highest BCUT2D eigenvalue weighted by atomic mass is 16.2. The zero-order chi connectivity index (χ0) is 18.0. The molecule has 2 aromatic rings. The van der Waals surface area contributed by atoms with Gasteiger partial charge in [0.05, 0.1) is 17.2 Å². The van der Waals surface area contributed by atoms with Crippen LogP contribution >= 0.6 is 0 Å². The van der Waals surface area contributed by atoms with Gasteiger partial charge in [-0.2, -0.15) is 0 Å². The maximum atomic E-state index is 12.7. The second-order valence-corrected chi connectivity index (χ2v) is 6.56. The largest absolute Gasteiger partial charge is 0.370 e. The number of nitrogens with two attached hydrogens (primary N) is 1. The summed E-state index contributed by atoms with van der Waals surface area (Å²) in [7, 11) is 0. The van der Waals surface area contributed by atoms with Gasteiger partial charge < -0.3 is 10.6 Å². The van der Waals surface area contributed by atoms with Crippen LogP contribution in [-0.4, -0.2) is 38.9 Å². The molecule has 0 spiro atoms. The Labute approximate surface area is 145 Å². The highest BCUT2D eigenvalue weighted by Crippen LogP contribution is 2.20. The van der Waals surface area contributed by atoms with Gasteiger partial charge in [0, 0.05) is 19.0 Å². The van der Waals surface area contributed by atoms with E-state index in [1.54, 1.807) is 17.0 Å². The van der Waals surface area contributed by atoms with Crippen LogP contribution in [0, 0.1) is 6.92 Å². The monoisotopic (exact) mass is 342 g/mol. The van der Waals surface area contributed by atoms with E-state index in [0.717, 1.165) is 24.8 Å². The Bertz CT molecular complexity index is 874. The number of hydrogen-bond donors (Lipinski definition) is 1. The molecular weight excluding hydrogens is 320 g/mol. The molecule has 1 aromatic carbocycles. The summed E-state index contributed by atoms with van der Waals surface area (Å²) in [6, 6.07) is 5.24. The topological polar surface area (TPSA) is 98.3 Å². The average Bonchev–Trinajstić information content (AvgIpc) is 2.58. The Hall–Kier alpha value is -2.70. The lowest BCUT2D eigenvalue weighted by molar-refractivity contribution is -0.136. The van der Waals surface area contributed by atoms with Crippen molar-refractivity contribution in [3.8, 4) is 0 Å². The van der Waals surface area contributed by atoms with Crippen molar-refractivity contribution in [1.29, 1.82) is 0 Å². The van der Waals surface area contributed by atoms with Crippen molar-refractivity contribution in [2.45, 2.75) is 45.2 Å². The van der Waals surface area contributed by atoms with Gasteiger partial charge in [0.15, 0.2) is 0 Å². The molecule has 0 bridgehead atoms. The van der Waals surface area contributed by atoms with Crippen LogP contribution in [0.15, 0.2) is 29.3 Å². The molecule has 1 aliphatic rings. The van der Waals surface area contributed by atoms with Crippen LogP contribution in [0.3, 0.4) is 0 Å². The van der Waals surface area contributed by atoms with E-state index in [9.17, 15) is 14.4 Å². The van der Waals surface area contributed by atoms with E-state index < -0.39 is 5.91 Å². The van der Waals surface area contributed by atoms with E-state index in [2.05, 4.69) is 4.98 Å². The molecule has 7 heteroatoms. The van der Waals surface area contributed by atoms with Gasteiger partial charge in [-0.3, -0.25) is 19.0 Å². The normalized spacial score (nSPS) is 17.6. The van der Waals surface area contributed by atoms with Crippen LogP contribution in [0.25, 0.3) is 10.9 Å². The first kappa shape index (κ1) is 17.1. The second kappa shape index (κ2) is 7.04. The summed E-state index contributed by atoms with van der Waals surface area (Å²) in [5, 5.41) is 0.502. The van der Waals surface area contributed by atoms with Crippen LogP contribution in [0.2, 0.25) is 0 Å². The van der Waals surface area contributed by atoms with Crippen molar-refractivity contribution >= 4 is 22.7 Å². The van der Waals surface area contributed by atoms with E-state index in [0.29, 0.717) is 17.4 Å². The van der Waals surface area contributed by atoms with Crippen molar-refractivity contribution in [2.24, 2.45) is 5.73 Å². The van der Waals surface area contributed by atoms with Crippen LogP contribution in [0.5, 0.6) is 0 Å². The Morgan fingerprint density at radius 3 is 2.88 bits per heavy atom. The fourth-order valence-corrected chi connectivity index (χ4v) is 3.46. The van der Waals surface area contributed by atoms with Crippen LogP contribution in [0.1, 0.15) is 31.2 Å². The number of nitrogens with zero attached hydrogens (tertiary/aromatic N) is 3. The number of amides is 2. The summed E-state index contributed by atoms with van der Waals surface area (Å²) in [5.74, 6) is -0.591. The smallest absolute Gasteiger partial charge is 0.261 e. The number of piperidine rings is 1. The van der Waals surface area contributed by atoms with Crippen LogP contribution in [-0.2, 0) is 16.1 Å². The predicted octanol–water partition coefficient (Wildman–Crippen LogP) is 0.961.